The molecule has 3 rings (SSSR count). The summed E-state index contributed by atoms with van der Waals surface area (Å²) in [6.45, 7) is 15.9. The average Bonchev–Trinajstić information content (AvgIpc) is 2.59. The van der Waals surface area contributed by atoms with Crippen LogP contribution in [0.5, 0.6) is 0 Å². The highest BCUT2D eigenvalue weighted by Gasteiger charge is 2.14. The minimum atomic E-state index is 0.293. The highest BCUT2D eigenvalue weighted by molar-refractivity contribution is 5.95. The molecule has 0 fully saturated rings. The Balaban J connectivity index is 2.14. The maximum Gasteiger partial charge on any atom is 0.0780 e. The molecule has 0 aliphatic carbocycles. The SMILES string of the molecule is CC(C)c1cc(-c2nccc3cc(CC(C)(C)C)ccc23)cc(C(C)C)c1. The summed E-state index contributed by atoms with van der Waals surface area (Å²) in [4.78, 5) is 4.78. The molecule has 0 atom stereocenters. The first-order chi connectivity index (χ1) is 12.6. The predicted molar refractivity (Wildman–Crippen MR) is 119 cm³/mol. The van der Waals surface area contributed by atoms with Gasteiger partial charge in [-0.3, -0.25) is 4.98 Å². The Morgan fingerprint density at radius 2 is 1.44 bits per heavy atom. The molecule has 0 saturated heterocycles. The second kappa shape index (κ2) is 7.46. The van der Waals surface area contributed by atoms with Gasteiger partial charge in [0.2, 0.25) is 0 Å². The first-order valence-electron chi connectivity index (χ1n) is 10.2. The van der Waals surface area contributed by atoms with Crippen LogP contribution in [0, 0.1) is 5.41 Å². The van der Waals surface area contributed by atoms with E-state index in [1.165, 1.54) is 33.0 Å². The molecule has 27 heavy (non-hydrogen) atoms. The van der Waals surface area contributed by atoms with Crippen molar-refractivity contribution in [3.8, 4) is 11.3 Å². The molecule has 1 heteroatoms. The van der Waals surface area contributed by atoms with E-state index in [0.29, 0.717) is 17.3 Å². The summed E-state index contributed by atoms with van der Waals surface area (Å²) >= 11 is 0. The molecule has 0 radical (unpaired) electrons. The summed E-state index contributed by atoms with van der Waals surface area (Å²) in [7, 11) is 0. The van der Waals surface area contributed by atoms with E-state index < -0.39 is 0 Å². The van der Waals surface area contributed by atoms with Gasteiger partial charge in [0.15, 0.2) is 0 Å². The van der Waals surface area contributed by atoms with E-state index in [1.807, 2.05) is 6.20 Å². The molecule has 0 aliphatic rings. The van der Waals surface area contributed by atoms with Gasteiger partial charge in [-0.15, -0.1) is 0 Å². The maximum atomic E-state index is 4.78. The Morgan fingerprint density at radius 3 is 2.00 bits per heavy atom. The second-order valence-electron chi connectivity index (χ2n) is 9.65. The van der Waals surface area contributed by atoms with E-state index in [2.05, 4.69) is 90.9 Å². The second-order valence-corrected chi connectivity index (χ2v) is 9.65. The molecule has 0 N–H and O–H groups in total. The summed E-state index contributed by atoms with van der Waals surface area (Å²) in [5.41, 5.74) is 6.80. The summed E-state index contributed by atoms with van der Waals surface area (Å²) in [6, 6.07) is 16.0. The molecule has 0 amide bonds. The van der Waals surface area contributed by atoms with Crippen LogP contribution < -0.4 is 0 Å². The van der Waals surface area contributed by atoms with Gasteiger partial charge in [0.1, 0.15) is 0 Å². The van der Waals surface area contributed by atoms with Gasteiger partial charge in [0.25, 0.3) is 0 Å². The van der Waals surface area contributed by atoms with Crippen molar-refractivity contribution in [2.45, 2.75) is 66.7 Å². The van der Waals surface area contributed by atoms with Gasteiger partial charge >= 0.3 is 0 Å². The third kappa shape index (κ3) is 4.58. The van der Waals surface area contributed by atoms with Crippen molar-refractivity contribution in [1.82, 2.24) is 4.98 Å². The number of hydrogen-bond donors (Lipinski definition) is 0. The highest BCUT2D eigenvalue weighted by Crippen LogP contribution is 2.33. The number of nitrogens with zero attached hydrogens (tertiary/aromatic N) is 1. The molecule has 2 aromatic carbocycles. The van der Waals surface area contributed by atoms with E-state index in [1.54, 1.807) is 0 Å². The van der Waals surface area contributed by atoms with Crippen LogP contribution in [-0.4, -0.2) is 4.98 Å². The highest BCUT2D eigenvalue weighted by atomic mass is 14.7. The molecule has 3 aromatic rings. The van der Waals surface area contributed by atoms with E-state index in [0.717, 1.165) is 12.1 Å². The molecule has 0 unspecified atom stereocenters. The van der Waals surface area contributed by atoms with Crippen LogP contribution >= 0.6 is 0 Å². The number of rotatable bonds is 4. The fourth-order valence-corrected chi connectivity index (χ4v) is 3.66. The molecule has 1 nitrogen and oxygen atoms in total. The van der Waals surface area contributed by atoms with Crippen LogP contribution in [0.15, 0.2) is 48.7 Å². The number of benzene rings is 2. The lowest BCUT2D eigenvalue weighted by atomic mass is 9.87. The summed E-state index contributed by atoms with van der Waals surface area (Å²) in [6.07, 6.45) is 3.04. The Kier molecular flexibility index (Phi) is 5.42. The van der Waals surface area contributed by atoms with Crippen molar-refractivity contribution in [1.29, 1.82) is 0 Å². The zero-order valence-corrected chi connectivity index (χ0v) is 17.9. The Morgan fingerprint density at radius 1 is 0.815 bits per heavy atom. The van der Waals surface area contributed by atoms with Crippen LogP contribution in [0.2, 0.25) is 0 Å². The van der Waals surface area contributed by atoms with E-state index in [4.69, 9.17) is 4.98 Å². The van der Waals surface area contributed by atoms with Gasteiger partial charge in [-0.1, -0.05) is 72.7 Å². The van der Waals surface area contributed by atoms with Crippen LogP contribution in [-0.2, 0) is 6.42 Å². The zero-order valence-electron chi connectivity index (χ0n) is 17.9. The van der Waals surface area contributed by atoms with Crippen molar-refractivity contribution in [3.05, 3.63) is 65.4 Å². The topological polar surface area (TPSA) is 12.9 Å². The minimum Gasteiger partial charge on any atom is -0.256 e. The molecule has 1 aromatic heterocycles. The van der Waals surface area contributed by atoms with Gasteiger partial charge in [0, 0.05) is 17.1 Å². The zero-order chi connectivity index (χ0) is 19.8. The Bertz CT molecular complexity index is 916. The fourth-order valence-electron chi connectivity index (χ4n) is 3.66. The Labute approximate surface area is 164 Å². The van der Waals surface area contributed by atoms with Gasteiger partial charge in [0.05, 0.1) is 5.69 Å². The molecular weight excluding hydrogens is 326 g/mol. The largest absolute Gasteiger partial charge is 0.256 e. The summed E-state index contributed by atoms with van der Waals surface area (Å²) < 4.78 is 0. The Hall–Kier alpha value is -2.15. The van der Waals surface area contributed by atoms with Crippen LogP contribution in [0.25, 0.3) is 22.0 Å². The first kappa shape index (κ1) is 19.6. The minimum absolute atomic E-state index is 0.293. The molecule has 142 valence electrons. The lowest BCUT2D eigenvalue weighted by Gasteiger charge is -2.19. The molecule has 0 saturated carbocycles. The third-order valence-corrected chi connectivity index (χ3v) is 5.15. The van der Waals surface area contributed by atoms with Crippen molar-refractivity contribution < 1.29 is 0 Å². The number of fused-ring (bicyclic) bond motifs is 1. The van der Waals surface area contributed by atoms with E-state index in [-0.39, 0.29) is 0 Å². The summed E-state index contributed by atoms with van der Waals surface area (Å²) in [5.74, 6) is 1.02. The van der Waals surface area contributed by atoms with Gasteiger partial charge < -0.3 is 0 Å². The third-order valence-electron chi connectivity index (χ3n) is 5.15. The van der Waals surface area contributed by atoms with Crippen LogP contribution in [0.4, 0.5) is 0 Å². The predicted octanol–water partition coefficient (Wildman–Crippen LogP) is 7.74. The number of aromatic nitrogens is 1. The van der Waals surface area contributed by atoms with Gasteiger partial charge in [-0.2, -0.15) is 0 Å². The van der Waals surface area contributed by atoms with Crippen molar-refractivity contribution in [3.63, 3.8) is 0 Å². The smallest absolute Gasteiger partial charge is 0.0780 e. The van der Waals surface area contributed by atoms with Gasteiger partial charge in [-0.05, 0) is 63.9 Å². The summed E-state index contributed by atoms with van der Waals surface area (Å²) in [5, 5.41) is 2.52. The van der Waals surface area contributed by atoms with Crippen molar-refractivity contribution in [2.75, 3.05) is 0 Å². The van der Waals surface area contributed by atoms with Crippen molar-refractivity contribution in [2.24, 2.45) is 5.41 Å². The standard InChI is InChI=1S/C26H33N/c1-17(2)21-13-22(18(3)4)15-23(14-21)25-24-9-8-19(16-26(5,6)7)12-20(24)10-11-27-25/h8-15,17-18H,16H2,1-7H3. The molecule has 1 heterocycles. The fraction of sp³-hybridized carbons (Fsp3) is 0.423. The van der Waals surface area contributed by atoms with Gasteiger partial charge in [-0.25, -0.2) is 0 Å². The van der Waals surface area contributed by atoms with Crippen LogP contribution in [0.1, 0.15) is 77.0 Å². The molecule has 0 aliphatic heterocycles. The lowest BCUT2D eigenvalue weighted by molar-refractivity contribution is 0.411. The maximum absolute atomic E-state index is 4.78. The normalized spacial score (nSPS) is 12.3. The van der Waals surface area contributed by atoms with E-state index >= 15 is 0 Å². The lowest BCUT2D eigenvalue weighted by Crippen LogP contribution is -2.08. The number of hydrogen-bond acceptors (Lipinski definition) is 1. The molecule has 0 bridgehead atoms. The van der Waals surface area contributed by atoms with Crippen LogP contribution in [0.3, 0.4) is 0 Å². The molecular formula is C26H33N. The van der Waals surface area contributed by atoms with E-state index in [9.17, 15) is 0 Å². The number of pyridine rings is 1. The monoisotopic (exact) mass is 359 g/mol. The molecule has 0 spiro atoms. The quantitative estimate of drug-likeness (QED) is 0.464. The first-order valence-corrected chi connectivity index (χ1v) is 10.2. The average molecular weight is 360 g/mol. The van der Waals surface area contributed by atoms with Crippen molar-refractivity contribution >= 4 is 10.8 Å².